The lowest BCUT2D eigenvalue weighted by Gasteiger charge is -2.05. The van der Waals surface area contributed by atoms with E-state index < -0.39 is 0 Å². The van der Waals surface area contributed by atoms with Gasteiger partial charge in [0.1, 0.15) is 17.5 Å². The van der Waals surface area contributed by atoms with Gasteiger partial charge in [-0.25, -0.2) is 15.8 Å². The Balaban J connectivity index is 2.24. The first-order valence-corrected chi connectivity index (χ1v) is 4.75. The molecular formula is C9H13N7. The molecule has 0 amide bonds. The van der Waals surface area contributed by atoms with Crippen molar-refractivity contribution in [1.82, 2.24) is 19.7 Å². The van der Waals surface area contributed by atoms with Crippen molar-refractivity contribution in [1.29, 1.82) is 0 Å². The average molecular weight is 219 g/mol. The van der Waals surface area contributed by atoms with E-state index in [2.05, 4.69) is 25.8 Å². The second kappa shape index (κ2) is 4.15. The van der Waals surface area contributed by atoms with Crippen LogP contribution in [0.2, 0.25) is 0 Å². The van der Waals surface area contributed by atoms with E-state index in [1.54, 1.807) is 23.9 Å². The monoisotopic (exact) mass is 219 g/mol. The van der Waals surface area contributed by atoms with Crippen molar-refractivity contribution in [3.63, 3.8) is 0 Å². The molecule has 4 N–H and O–H groups in total. The summed E-state index contributed by atoms with van der Waals surface area (Å²) in [5.41, 5.74) is 3.35. The van der Waals surface area contributed by atoms with Gasteiger partial charge < -0.3 is 10.7 Å². The fourth-order valence-corrected chi connectivity index (χ4v) is 1.34. The van der Waals surface area contributed by atoms with Gasteiger partial charge in [-0.05, 0) is 6.92 Å². The maximum atomic E-state index is 5.30. The molecule has 2 rings (SSSR count). The molecule has 0 aliphatic heterocycles. The molecule has 0 saturated heterocycles. The molecule has 0 aromatic carbocycles. The predicted octanol–water partition coefficient (Wildman–Crippen LogP) is 0.548. The number of anilines is 3. The standard InChI is InChI=1S/C9H13N7/c1-6-12-8(3-9(13-6)15-10)14-7-4-11-16(2)5-7/h3-5H,10H2,1-2H3,(H2,12,13,14,15). The number of aryl methyl sites for hydroxylation is 2. The van der Waals surface area contributed by atoms with Crippen molar-refractivity contribution < 1.29 is 0 Å². The lowest BCUT2D eigenvalue weighted by molar-refractivity contribution is 0.768. The third-order valence-electron chi connectivity index (χ3n) is 1.96. The Morgan fingerprint density at radius 3 is 2.69 bits per heavy atom. The van der Waals surface area contributed by atoms with Crippen molar-refractivity contribution in [2.45, 2.75) is 6.92 Å². The van der Waals surface area contributed by atoms with Crippen LogP contribution in [0.5, 0.6) is 0 Å². The molecule has 0 spiro atoms. The first kappa shape index (κ1) is 10.4. The van der Waals surface area contributed by atoms with Gasteiger partial charge >= 0.3 is 0 Å². The van der Waals surface area contributed by atoms with Crippen molar-refractivity contribution in [2.75, 3.05) is 10.7 Å². The third-order valence-corrected chi connectivity index (χ3v) is 1.96. The summed E-state index contributed by atoms with van der Waals surface area (Å²) in [6, 6.07) is 1.72. The fourth-order valence-electron chi connectivity index (χ4n) is 1.34. The molecule has 7 heteroatoms. The van der Waals surface area contributed by atoms with E-state index in [0.29, 0.717) is 17.5 Å². The average Bonchev–Trinajstić information content (AvgIpc) is 2.63. The normalized spacial score (nSPS) is 10.2. The van der Waals surface area contributed by atoms with Crippen molar-refractivity contribution in [3.05, 3.63) is 24.3 Å². The van der Waals surface area contributed by atoms with Crippen LogP contribution in [-0.2, 0) is 7.05 Å². The van der Waals surface area contributed by atoms with Gasteiger partial charge in [-0.1, -0.05) is 0 Å². The van der Waals surface area contributed by atoms with Crippen LogP contribution in [0.1, 0.15) is 5.82 Å². The summed E-state index contributed by atoms with van der Waals surface area (Å²) >= 11 is 0. The Morgan fingerprint density at radius 1 is 1.31 bits per heavy atom. The summed E-state index contributed by atoms with van der Waals surface area (Å²) in [4.78, 5) is 8.32. The number of nitrogens with two attached hydrogens (primary N) is 1. The highest BCUT2D eigenvalue weighted by atomic mass is 15.3. The number of nitrogens with zero attached hydrogens (tertiary/aromatic N) is 4. The number of hydrogen-bond acceptors (Lipinski definition) is 6. The second-order valence-corrected chi connectivity index (χ2v) is 3.36. The maximum absolute atomic E-state index is 5.30. The maximum Gasteiger partial charge on any atom is 0.145 e. The SMILES string of the molecule is Cc1nc(NN)cc(Nc2cnn(C)c2)n1. The summed E-state index contributed by atoms with van der Waals surface area (Å²) in [6.07, 6.45) is 3.57. The number of aromatic nitrogens is 4. The zero-order valence-corrected chi connectivity index (χ0v) is 9.10. The summed E-state index contributed by atoms with van der Waals surface area (Å²) in [5, 5.41) is 7.16. The molecule has 2 heterocycles. The zero-order chi connectivity index (χ0) is 11.5. The summed E-state index contributed by atoms with van der Waals surface area (Å²) in [7, 11) is 1.85. The van der Waals surface area contributed by atoms with Crippen molar-refractivity contribution >= 4 is 17.3 Å². The van der Waals surface area contributed by atoms with Crippen LogP contribution in [0.4, 0.5) is 17.3 Å². The highest BCUT2D eigenvalue weighted by Crippen LogP contribution is 2.15. The highest BCUT2D eigenvalue weighted by molar-refractivity contribution is 5.57. The van der Waals surface area contributed by atoms with Gasteiger partial charge in [-0.15, -0.1) is 0 Å². The van der Waals surface area contributed by atoms with Gasteiger partial charge in [0.05, 0.1) is 11.9 Å². The van der Waals surface area contributed by atoms with Gasteiger partial charge in [0.15, 0.2) is 0 Å². The van der Waals surface area contributed by atoms with E-state index >= 15 is 0 Å². The molecule has 84 valence electrons. The van der Waals surface area contributed by atoms with E-state index in [0.717, 1.165) is 5.69 Å². The number of nitrogen functional groups attached to an aromatic ring is 1. The van der Waals surface area contributed by atoms with Crippen LogP contribution in [0.3, 0.4) is 0 Å². The molecule has 0 bridgehead atoms. The summed E-state index contributed by atoms with van der Waals surface area (Å²) < 4.78 is 1.71. The van der Waals surface area contributed by atoms with Crippen molar-refractivity contribution in [2.24, 2.45) is 12.9 Å². The predicted molar refractivity (Wildman–Crippen MR) is 61.1 cm³/mol. The van der Waals surface area contributed by atoms with Gasteiger partial charge in [-0.3, -0.25) is 4.68 Å². The van der Waals surface area contributed by atoms with Gasteiger partial charge in [0.2, 0.25) is 0 Å². The topological polar surface area (TPSA) is 93.7 Å². The summed E-state index contributed by atoms with van der Waals surface area (Å²) in [6.45, 7) is 1.80. The smallest absolute Gasteiger partial charge is 0.145 e. The zero-order valence-electron chi connectivity index (χ0n) is 9.10. The Labute approximate surface area is 92.7 Å². The molecule has 0 aliphatic carbocycles. The quantitative estimate of drug-likeness (QED) is 0.515. The Bertz CT molecular complexity index is 490. The lowest BCUT2D eigenvalue weighted by Crippen LogP contribution is -2.10. The van der Waals surface area contributed by atoms with E-state index in [1.165, 1.54) is 0 Å². The number of hydrazine groups is 1. The minimum atomic E-state index is 0.568. The fraction of sp³-hybridized carbons (Fsp3) is 0.222. The molecule has 0 atom stereocenters. The first-order chi connectivity index (χ1) is 7.67. The molecule has 0 radical (unpaired) electrons. The molecule has 0 fully saturated rings. The second-order valence-electron chi connectivity index (χ2n) is 3.36. The molecule has 7 nitrogen and oxygen atoms in total. The van der Waals surface area contributed by atoms with Gasteiger partial charge in [-0.2, -0.15) is 5.10 Å². The molecule has 0 saturated carbocycles. The van der Waals surface area contributed by atoms with E-state index in [4.69, 9.17) is 5.84 Å². The van der Waals surface area contributed by atoms with Gasteiger partial charge in [0.25, 0.3) is 0 Å². The highest BCUT2D eigenvalue weighted by Gasteiger charge is 2.02. The third kappa shape index (κ3) is 2.26. The minimum Gasteiger partial charge on any atom is -0.337 e. The van der Waals surface area contributed by atoms with Crippen LogP contribution in [-0.4, -0.2) is 19.7 Å². The number of nitrogens with one attached hydrogen (secondary N) is 2. The number of hydrogen-bond donors (Lipinski definition) is 3. The summed E-state index contributed by atoms with van der Waals surface area (Å²) in [5.74, 6) is 7.18. The Morgan fingerprint density at radius 2 is 2.06 bits per heavy atom. The van der Waals surface area contributed by atoms with Crippen LogP contribution in [0, 0.1) is 6.92 Å². The van der Waals surface area contributed by atoms with Gasteiger partial charge in [0, 0.05) is 19.3 Å². The van der Waals surface area contributed by atoms with Crippen molar-refractivity contribution in [3.8, 4) is 0 Å². The molecule has 2 aromatic rings. The van der Waals surface area contributed by atoms with Crippen LogP contribution in [0.25, 0.3) is 0 Å². The molecular weight excluding hydrogens is 206 g/mol. The van der Waals surface area contributed by atoms with Crippen LogP contribution in [0.15, 0.2) is 18.5 Å². The molecule has 16 heavy (non-hydrogen) atoms. The van der Waals surface area contributed by atoms with E-state index in [-0.39, 0.29) is 0 Å². The van der Waals surface area contributed by atoms with E-state index in [9.17, 15) is 0 Å². The lowest BCUT2D eigenvalue weighted by atomic mass is 10.4. The minimum absolute atomic E-state index is 0.568. The van der Waals surface area contributed by atoms with Crippen LogP contribution < -0.4 is 16.6 Å². The molecule has 0 unspecified atom stereocenters. The molecule has 0 aliphatic rings. The largest absolute Gasteiger partial charge is 0.337 e. The number of rotatable bonds is 3. The Hall–Kier alpha value is -2.15. The van der Waals surface area contributed by atoms with E-state index in [1.807, 2.05) is 13.2 Å². The Kier molecular flexibility index (Phi) is 2.69. The van der Waals surface area contributed by atoms with Crippen LogP contribution >= 0.6 is 0 Å². The first-order valence-electron chi connectivity index (χ1n) is 4.75. The molecule has 2 aromatic heterocycles.